The highest BCUT2D eigenvalue weighted by Gasteiger charge is 2.18. The number of amides is 1. The summed E-state index contributed by atoms with van der Waals surface area (Å²) in [5.41, 5.74) is -0.247. The van der Waals surface area contributed by atoms with Gasteiger partial charge in [0.25, 0.3) is 5.91 Å². The van der Waals surface area contributed by atoms with E-state index < -0.39 is 16.8 Å². The smallest absolute Gasteiger partial charge is 0.337 e. The molecule has 0 atom stereocenters. The predicted molar refractivity (Wildman–Crippen MR) is 74.0 cm³/mol. The molecule has 1 amide bonds. The Balaban J connectivity index is 2.27. The first-order chi connectivity index (χ1) is 9.88. The fourth-order valence-corrected chi connectivity index (χ4v) is 2.26. The minimum atomic E-state index is -1.32. The Hall–Kier alpha value is -2.94. The zero-order valence-corrected chi connectivity index (χ0v) is 11.1. The second-order valence-electron chi connectivity index (χ2n) is 3.92. The van der Waals surface area contributed by atoms with Gasteiger partial charge >= 0.3 is 11.0 Å². The quantitative estimate of drug-likeness (QED) is 0.451. The fraction of sp³-hybridized carbons (Fsp3) is 0. The van der Waals surface area contributed by atoms with Crippen molar-refractivity contribution in [1.82, 2.24) is 0 Å². The van der Waals surface area contributed by atoms with E-state index in [0.29, 0.717) is 0 Å². The van der Waals surface area contributed by atoms with Crippen LogP contribution in [0.25, 0.3) is 0 Å². The van der Waals surface area contributed by atoms with Crippen LogP contribution in [0.5, 0.6) is 5.75 Å². The monoisotopic (exact) mass is 308 g/mol. The van der Waals surface area contributed by atoms with Gasteiger partial charge in [-0.05, 0) is 18.2 Å². The molecule has 0 bridgehead atoms. The van der Waals surface area contributed by atoms with E-state index in [-0.39, 0.29) is 27.6 Å². The number of nitrogens with one attached hydrogen (secondary N) is 1. The normalized spacial score (nSPS) is 10.1. The molecule has 1 aromatic heterocycles. The van der Waals surface area contributed by atoms with E-state index in [9.17, 15) is 24.8 Å². The van der Waals surface area contributed by atoms with Crippen LogP contribution in [0.2, 0.25) is 0 Å². The van der Waals surface area contributed by atoms with Crippen LogP contribution in [0.4, 0.5) is 10.7 Å². The highest BCUT2D eigenvalue weighted by Crippen LogP contribution is 2.25. The van der Waals surface area contributed by atoms with Gasteiger partial charge in [0.15, 0.2) is 0 Å². The van der Waals surface area contributed by atoms with Crippen LogP contribution in [-0.4, -0.2) is 27.0 Å². The average Bonchev–Trinajstić information content (AvgIpc) is 2.90. The lowest BCUT2D eigenvalue weighted by Gasteiger charge is -2.07. The van der Waals surface area contributed by atoms with Gasteiger partial charge in [-0.25, -0.2) is 4.79 Å². The summed E-state index contributed by atoms with van der Waals surface area (Å²) >= 11 is 0.793. The van der Waals surface area contributed by atoms with Crippen molar-refractivity contribution in [2.75, 3.05) is 5.32 Å². The van der Waals surface area contributed by atoms with E-state index in [4.69, 9.17) is 5.11 Å². The number of aromatic hydroxyl groups is 1. The van der Waals surface area contributed by atoms with Crippen molar-refractivity contribution in [3.8, 4) is 5.75 Å². The summed E-state index contributed by atoms with van der Waals surface area (Å²) in [5.74, 6) is -2.25. The Bertz CT molecular complexity index is 739. The van der Waals surface area contributed by atoms with E-state index in [2.05, 4.69) is 5.32 Å². The molecule has 2 aromatic rings. The van der Waals surface area contributed by atoms with E-state index in [1.54, 1.807) is 0 Å². The maximum absolute atomic E-state index is 11.9. The summed E-state index contributed by atoms with van der Waals surface area (Å²) in [4.78, 5) is 32.9. The SMILES string of the molecule is O=C(Nc1ccc(O)cc1C(=O)O)c1csc([N+](=O)[O-])c1. The second kappa shape index (κ2) is 5.59. The molecule has 1 heterocycles. The largest absolute Gasteiger partial charge is 0.508 e. The Morgan fingerprint density at radius 1 is 1.29 bits per heavy atom. The summed E-state index contributed by atoms with van der Waals surface area (Å²) in [6.45, 7) is 0. The molecule has 8 nitrogen and oxygen atoms in total. The van der Waals surface area contributed by atoms with Gasteiger partial charge in [0.05, 0.1) is 21.7 Å². The number of benzene rings is 1. The van der Waals surface area contributed by atoms with Crippen molar-refractivity contribution in [3.05, 3.63) is 50.9 Å². The van der Waals surface area contributed by atoms with Crippen molar-refractivity contribution in [1.29, 1.82) is 0 Å². The number of hydrogen-bond acceptors (Lipinski definition) is 6. The first-order valence-corrected chi connectivity index (χ1v) is 6.37. The topological polar surface area (TPSA) is 130 Å². The number of phenolic OH excluding ortho intramolecular Hbond substituents is 1. The highest BCUT2D eigenvalue weighted by molar-refractivity contribution is 7.13. The molecule has 0 saturated carbocycles. The number of carboxylic acids is 1. The van der Waals surface area contributed by atoms with Crippen LogP contribution in [-0.2, 0) is 0 Å². The van der Waals surface area contributed by atoms with Gasteiger partial charge < -0.3 is 15.5 Å². The molecule has 0 radical (unpaired) electrons. The molecule has 0 fully saturated rings. The minimum Gasteiger partial charge on any atom is -0.508 e. The number of carboxylic acid groups (broad SMARTS) is 1. The molecule has 0 unspecified atom stereocenters. The van der Waals surface area contributed by atoms with Gasteiger partial charge in [0.2, 0.25) is 0 Å². The molecule has 0 aliphatic rings. The van der Waals surface area contributed by atoms with E-state index in [1.165, 1.54) is 17.5 Å². The van der Waals surface area contributed by atoms with Gasteiger partial charge in [-0.2, -0.15) is 0 Å². The predicted octanol–water partition coefficient (Wildman–Crippen LogP) is 2.31. The molecule has 9 heteroatoms. The number of anilines is 1. The molecular formula is C12H8N2O6S. The molecule has 0 spiro atoms. The van der Waals surface area contributed by atoms with Crippen LogP contribution in [0.15, 0.2) is 29.6 Å². The third-order valence-corrected chi connectivity index (χ3v) is 3.39. The molecule has 1 aromatic carbocycles. The molecular weight excluding hydrogens is 300 g/mol. The number of thiophene rings is 1. The molecule has 0 saturated heterocycles. The van der Waals surface area contributed by atoms with E-state index in [0.717, 1.165) is 23.5 Å². The maximum Gasteiger partial charge on any atom is 0.337 e. The first kappa shape index (κ1) is 14.5. The van der Waals surface area contributed by atoms with E-state index in [1.807, 2.05) is 0 Å². The highest BCUT2D eigenvalue weighted by atomic mass is 32.1. The molecule has 0 aliphatic carbocycles. The summed E-state index contributed by atoms with van der Waals surface area (Å²) in [6.07, 6.45) is 0. The lowest BCUT2D eigenvalue weighted by Crippen LogP contribution is -2.14. The molecule has 3 N–H and O–H groups in total. The van der Waals surface area contributed by atoms with Crippen molar-refractivity contribution >= 4 is 33.9 Å². The summed E-state index contributed by atoms with van der Waals surface area (Å²) in [5, 5.41) is 32.3. The summed E-state index contributed by atoms with van der Waals surface area (Å²) in [6, 6.07) is 4.55. The summed E-state index contributed by atoms with van der Waals surface area (Å²) in [7, 11) is 0. The lowest BCUT2D eigenvalue weighted by molar-refractivity contribution is -0.380. The van der Waals surface area contributed by atoms with Crippen LogP contribution in [0.1, 0.15) is 20.7 Å². The third kappa shape index (κ3) is 3.15. The average molecular weight is 308 g/mol. The Labute approximate surface area is 121 Å². The molecule has 21 heavy (non-hydrogen) atoms. The first-order valence-electron chi connectivity index (χ1n) is 5.49. The number of carbonyl (C=O) groups excluding carboxylic acids is 1. The maximum atomic E-state index is 11.9. The van der Waals surface area contributed by atoms with Crippen molar-refractivity contribution in [2.24, 2.45) is 0 Å². The molecule has 0 aliphatic heterocycles. The van der Waals surface area contributed by atoms with Crippen molar-refractivity contribution in [2.45, 2.75) is 0 Å². The van der Waals surface area contributed by atoms with Crippen LogP contribution >= 0.6 is 11.3 Å². The van der Waals surface area contributed by atoms with Crippen molar-refractivity contribution in [3.63, 3.8) is 0 Å². The van der Waals surface area contributed by atoms with Crippen LogP contribution < -0.4 is 5.32 Å². The number of carbonyl (C=O) groups is 2. The van der Waals surface area contributed by atoms with E-state index >= 15 is 0 Å². The van der Waals surface area contributed by atoms with Gasteiger partial charge in [0, 0.05) is 11.4 Å². The van der Waals surface area contributed by atoms with Crippen LogP contribution in [0, 0.1) is 10.1 Å². The number of rotatable bonds is 4. The second-order valence-corrected chi connectivity index (χ2v) is 4.81. The zero-order valence-electron chi connectivity index (χ0n) is 10.3. The van der Waals surface area contributed by atoms with Gasteiger partial charge in [-0.3, -0.25) is 14.9 Å². The zero-order chi connectivity index (χ0) is 15.6. The summed E-state index contributed by atoms with van der Waals surface area (Å²) < 4.78 is 0. The number of hydrogen-bond donors (Lipinski definition) is 3. The number of nitro groups is 1. The number of aromatic carboxylic acids is 1. The lowest BCUT2D eigenvalue weighted by atomic mass is 10.1. The Morgan fingerprint density at radius 2 is 2.00 bits per heavy atom. The molecule has 2 rings (SSSR count). The standard InChI is InChI=1S/C12H8N2O6S/c15-7-1-2-9(8(4-7)12(17)18)13-11(16)6-3-10(14(19)20)21-5-6/h1-5,15H,(H,13,16)(H,17,18). The fourth-order valence-electron chi connectivity index (χ4n) is 1.55. The number of phenols is 1. The van der Waals surface area contributed by atoms with Crippen molar-refractivity contribution < 1.29 is 24.7 Å². The Morgan fingerprint density at radius 3 is 2.57 bits per heavy atom. The molecule has 108 valence electrons. The Kier molecular flexibility index (Phi) is 3.85. The van der Waals surface area contributed by atoms with Gasteiger partial charge in [0.1, 0.15) is 5.75 Å². The minimum absolute atomic E-state index is 0.0147. The van der Waals surface area contributed by atoms with Crippen LogP contribution in [0.3, 0.4) is 0 Å². The van der Waals surface area contributed by atoms with Gasteiger partial charge in [-0.15, -0.1) is 0 Å². The number of nitrogens with zero attached hydrogens (tertiary/aromatic N) is 1. The third-order valence-electron chi connectivity index (χ3n) is 2.51. The van der Waals surface area contributed by atoms with Gasteiger partial charge in [-0.1, -0.05) is 11.3 Å².